The Morgan fingerprint density at radius 1 is 1.57 bits per heavy atom. The molecule has 0 saturated carbocycles. The third-order valence-electron chi connectivity index (χ3n) is 2.49. The summed E-state index contributed by atoms with van der Waals surface area (Å²) in [6.45, 7) is 4.20. The lowest BCUT2D eigenvalue weighted by atomic mass is 9.99. The van der Waals surface area contributed by atoms with Gasteiger partial charge in [-0.3, -0.25) is 0 Å². The fourth-order valence-corrected chi connectivity index (χ4v) is 1.56. The van der Waals surface area contributed by atoms with Crippen LogP contribution in [0.5, 0.6) is 0 Å². The first-order chi connectivity index (χ1) is 6.77. The number of likely N-dealkylation sites (tertiary alicyclic amines) is 1. The molecule has 1 aliphatic heterocycles. The highest BCUT2D eigenvalue weighted by Crippen LogP contribution is 2.15. The first kappa shape index (κ1) is 10.8. The number of nitrogens with zero attached hydrogens (tertiary/aromatic N) is 2. The van der Waals surface area contributed by atoms with E-state index >= 15 is 0 Å². The lowest BCUT2D eigenvalue weighted by Gasteiger charge is -2.29. The van der Waals surface area contributed by atoms with Crippen molar-refractivity contribution < 1.29 is 4.79 Å². The average Bonchev–Trinajstić information content (AvgIpc) is 2.26. The summed E-state index contributed by atoms with van der Waals surface area (Å²) in [5, 5.41) is 11.5. The molecule has 1 saturated heterocycles. The molecule has 4 heteroatoms. The number of nitriles is 1. The van der Waals surface area contributed by atoms with Gasteiger partial charge in [-0.25, -0.2) is 4.79 Å². The molecule has 0 aromatic rings. The van der Waals surface area contributed by atoms with Crippen molar-refractivity contribution in [2.24, 2.45) is 5.92 Å². The fourth-order valence-electron chi connectivity index (χ4n) is 1.56. The number of hydrogen-bond acceptors (Lipinski definition) is 2. The molecule has 0 aliphatic carbocycles. The minimum atomic E-state index is 0.0169. The number of carbonyl (C=O) groups excluding carboxylic acids is 1. The smallest absolute Gasteiger partial charge is 0.317 e. The van der Waals surface area contributed by atoms with Gasteiger partial charge in [0.2, 0.25) is 0 Å². The molecule has 1 aliphatic rings. The zero-order valence-corrected chi connectivity index (χ0v) is 8.62. The molecule has 0 aromatic carbocycles. The van der Waals surface area contributed by atoms with Crippen molar-refractivity contribution in [2.75, 3.05) is 19.6 Å². The van der Waals surface area contributed by atoms with Gasteiger partial charge < -0.3 is 10.2 Å². The summed E-state index contributed by atoms with van der Waals surface area (Å²) in [7, 11) is 0. The van der Waals surface area contributed by atoms with E-state index in [2.05, 4.69) is 11.4 Å². The number of nitrogens with one attached hydrogen (secondary N) is 1. The number of carbonyl (C=O) groups is 1. The lowest BCUT2D eigenvalue weighted by Crippen LogP contribution is -2.44. The molecule has 1 heterocycles. The largest absolute Gasteiger partial charge is 0.338 e. The fraction of sp³-hybridized carbons (Fsp3) is 0.800. The van der Waals surface area contributed by atoms with Gasteiger partial charge in [0.25, 0.3) is 0 Å². The van der Waals surface area contributed by atoms with Crippen molar-refractivity contribution in [1.29, 1.82) is 5.26 Å². The van der Waals surface area contributed by atoms with Crippen LogP contribution in [0.3, 0.4) is 0 Å². The van der Waals surface area contributed by atoms with Gasteiger partial charge in [0.05, 0.1) is 6.07 Å². The molecular formula is C10H17N3O. The van der Waals surface area contributed by atoms with Crippen LogP contribution in [-0.4, -0.2) is 30.6 Å². The summed E-state index contributed by atoms with van der Waals surface area (Å²) >= 11 is 0. The summed E-state index contributed by atoms with van der Waals surface area (Å²) in [5.74, 6) is 0.144. The molecule has 0 unspecified atom stereocenters. The molecule has 0 aromatic heterocycles. The van der Waals surface area contributed by atoms with Crippen LogP contribution in [0.1, 0.15) is 26.2 Å². The molecular weight excluding hydrogens is 178 g/mol. The maximum Gasteiger partial charge on any atom is 0.317 e. The summed E-state index contributed by atoms with van der Waals surface area (Å²) in [4.78, 5) is 13.3. The molecule has 1 rings (SSSR count). The molecule has 0 radical (unpaired) electrons. The quantitative estimate of drug-likeness (QED) is 0.723. The Hall–Kier alpha value is -1.24. The molecule has 0 atom stereocenters. The minimum absolute atomic E-state index is 0.0169. The van der Waals surface area contributed by atoms with E-state index < -0.39 is 0 Å². The van der Waals surface area contributed by atoms with Crippen LogP contribution < -0.4 is 5.32 Å². The summed E-state index contributed by atoms with van der Waals surface area (Å²) < 4.78 is 0. The monoisotopic (exact) mass is 195 g/mol. The molecule has 78 valence electrons. The third-order valence-corrected chi connectivity index (χ3v) is 2.49. The Bertz CT molecular complexity index is 226. The number of amides is 2. The van der Waals surface area contributed by atoms with Gasteiger partial charge in [-0.2, -0.15) is 5.26 Å². The zero-order valence-electron chi connectivity index (χ0n) is 8.62. The van der Waals surface area contributed by atoms with E-state index in [-0.39, 0.29) is 11.9 Å². The van der Waals surface area contributed by atoms with Gasteiger partial charge in [0.15, 0.2) is 0 Å². The Morgan fingerprint density at radius 2 is 2.21 bits per heavy atom. The van der Waals surface area contributed by atoms with Gasteiger partial charge in [-0.15, -0.1) is 0 Å². The Balaban J connectivity index is 2.27. The number of hydrogen-bond donors (Lipinski definition) is 1. The van der Waals surface area contributed by atoms with Crippen LogP contribution in [0.25, 0.3) is 0 Å². The van der Waals surface area contributed by atoms with Crippen molar-refractivity contribution in [3.63, 3.8) is 0 Å². The second-order valence-corrected chi connectivity index (χ2v) is 3.62. The molecule has 0 spiro atoms. The number of rotatable bonds is 2. The van der Waals surface area contributed by atoms with Gasteiger partial charge >= 0.3 is 6.03 Å². The van der Waals surface area contributed by atoms with Gasteiger partial charge in [-0.05, 0) is 19.3 Å². The van der Waals surface area contributed by atoms with E-state index in [0.717, 1.165) is 25.8 Å². The highest BCUT2D eigenvalue weighted by Gasteiger charge is 2.21. The van der Waals surface area contributed by atoms with E-state index in [0.29, 0.717) is 13.1 Å². The van der Waals surface area contributed by atoms with Crippen LogP contribution in [0.2, 0.25) is 0 Å². The van der Waals surface area contributed by atoms with Crippen molar-refractivity contribution in [1.82, 2.24) is 10.2 Å². The standard InChI is InChI=1S/C10H17N3O/c1-2-5-12-10(14)13-6-3-9(8-11)4-7-13/h9H,2-7H2,1H3,(H,12,14). The molecule has 1 fully saturated rings. The van der Waals surface area contributed by atoms with Gasteiger partial charge in [-0.1, -0.05) is 6.92 Å². The van der Waals surface area contributed by atoms with E-state index in [9.17, 15) is 4.79 Å². The second-order valence-electron chi connectivity index (χ2n) is 3.62. The summed E-state index contributed by atoms with van der Waals surface area (Å²) in [5.41, 5.74) is 0. The maximum atomic E-state index is 11.5. The molecule has 1 N–H and O–H groups in total. The molecule has 14 heavy (non-hydrogen) atoms. The van der Waals surface area contributed by atoms with Crippen molar-refractivity contribution in [2.45, 2.75) is 26.2 Å². The Kier molecular flexibility index (Phi) is 4.24. The molecule has 0 bridgehead atoms. The highest BCUT2D eigenvalue weighted by molar-refractivity contribution is 5.74. The normalized spacial score (nSPS) is 17.6. The van der Waals surface area contributed by atoms with Crippen LogP contribution in [0.4, 0.5) is 4.79 Å². The van der Waals surface area contributed by atoms with Crippen LogP contribution >= 0.6 is 0 Å². The highest BCUT2D eigenvalue weighted by atomic mass is 16.2. The van der Waals surface area contributed by atoms with Gasteiger partial charge in [0.1, 0.15) is 0 Å². The topological polar surface area (TPSA) is 56.1 Å². The SMILES string of the molecule is CCCNC(=O)N1CCC(C#N)CC1. The maximum absolute atomic E-state index is 11.5. The lowest BCUT2D eigenvalue weighted by molar-refractivity contribution is 0.179. The predicted octanol–water partition coefficient (Wildman–Crippen LogP) is 1.34. The summed E-state index contributed by atoms with van der Waals surface area (Å²) in [6.07, 6.45) is 2.59. The van der Waals surface area contributed by atoms with E-state index in [1.165, 1.54) is 0 Å². The molecule has 2 amide bonds. The van der Waals surface area contributed by atoms with E-state index in [1.54, 1.807) is 4.90 Å². The predicted molar refractivity (Wildman–Crippen MR) is 53.6 cm³/mol. The van der Waals surface area contributed by atoms with Crippen molar-refractivity contribution in [3.05, 3.63) is 0 Å². The summed E-state index contributed by atoms with van der Waals surface area (Å²) in [6, 6.07) is 2.27. The third kappa shape index (κ3) is 2.91. The van der Waals surface area contributed by atoms with Gasteiger partial charge in [0, 0.05) is 25.6 Å². The van der Waals surface area contributed by atoms with E-state index in [1.807, 2.05) is 6.92 Å². The Morgan fingerprint density at radius 3 is 2.71 bits per heavy atom. The second kappa shape index (κ2) is 5.48. The number of urea groups is 1. The number of piperidine rings is 1. The minimum Gasteiger partial charge on any atom is -0.338 e. The van der Waals surface area contributed by atoms with Crippen LogP contribution in [0.15, 0.2) is 0 Å². The van der Waals surface area contributed by atoms with E-state index in [4.69, 9.17) is 5.26 Å². The van der Waals surface area contributed by atoms with Crippen molar-refractivity contribution in [3.8, 4) is 6.07 Å². The zero-order chi connectivity index (χ0) is 10.4. The first-order valence-corrected chi connectivity index (χ1v) is 5.20. The van der Waals surface area contributed by atoms with Crippen LogP contribution in [-0.2, 0) is 0 Å². The van der Waals surface area contributed by atoms with Crippen molar-refractivity contribution >= 4 is 6.03 Å². The van der Waals surface area contributed by atoms with Crippen LogP contribution in [0, 0.1) is 17.2 Å². The average molecular weight is 195 g/mol. The molecule has 4 nitrogen and oxygen atoms in total. The Labute approximate surface area is 84.9 Å². The first-order valence-electron chi connectivity index (χ1n) is 5.20.